The van der Waals surface area contributed by atoms with E-state index in [9.17, 15) is 17.6 Å². The van der Waals surface area contributed by atoms with Gasteiger partial charge in [0.25, 0.3) is 0 Å². The zero-order valence-corrected chi connectivity index (χ0v) is 17.6. The Labute approximate surface area is 176 Å². The Morgan fingerprint density at radius 2 is 1.33 bits per heavy atom. The molecule has 0 aromatic heterocycles. The van der Waals surface area contributed by atoms with Crippen molar-refractivity contribution in [3.05, 3.63) is 70.3 Å². The fourth-order valence-corrected chi connectivity index (χ4v) is 5.76. The maximum Gasteiger partial charge on any atom is 0.162 e. The van der Waals surface area contributed by atoms with Gasteiger partial charge in [-0.05, 0) is 111 Å². The van der Waals surface area contributed by atoms with Crippen LogP contribution in [-0.4, -0.2) is 0 Å². The summed E-state index contributed by atoms with van der Waals surface area (Å²) in [7, 11) is 0. The first kappa shape index (κ1) is 21.4. The van der Waals surface area contributed by atoms with Crippen molar-refractivity contribution in [1.82, 2.24) is 0 Å². The Bertz CT molecular complexity index is 875. The molecule has 162 valence electrons. The van der Waals surface area contributed by atoms with Crippen LogP contribution in [0.2, 0.25) is 0 Å². The van der Waals surface area contributed by atoms with Crippen molar-refractivity contribution in [1.29, 1.82) is 0 Å². The van der Waals surface area contributed by atoms with Crippen molar-refractivity contribution in [3.8, 4) is 0 Å². The van der Waals surface area contributed by atoms with E-state index in [-0.39, 0.29) is 5.92 Å². The van der Waals surface area contributed by atoms with E-state index in [4.69, 9.17) is 0 Å². The lowest BCUT2D eigenvalue weighted by molar-refractivity contribution is 0.158. The zero-order chi connectivity index (χ0) is 21.3. The van der Waals surface area contributed by atoms with E-state index in [1.807, 2.05) is 0 Å². The van der Waals surface area contributed by atoms with Gasteiger partial charge in [-0.2, -0.15) is 0 Å². The molecule has 0 N–H and O–H groups in total. The molecule has 2 aliphatic rings. The Morgan fingerprint density at radius 3 is 2.00 bits per heavy atom. The van der Waals surface area contributed by atoms with Gasteiger partial charge in [0.15, 0.2) is 23.3 Å². The smallest absolute Gasteiger partial charge is 0.162 e. The van der Waals surface area contributed by atoms with E-state index in [1.165, 1.54) is 6.07 Å². The van der Waals surface area contributed by atoms with Gasteiger partial charge in [0.05, 0.1) is 0 Å². The van der Waals surface area contributed by atoms with E-state index < -0.39 is 23.3 Å². The zero-order valence-electron chi connectivity index (χ0n) is 17.6. The van der Waals surface area contributed by atoms with Gasteiger partial charge in [-0.25, -0.2) is 17.6 Å². The SMILES string of the molecule is Cc1ccc(C2CCC(C3CCC(Cc4cccc(F)c4F)CC3)CC2)c(F)c1F. The van der Waals surface area contributed by atoms with Crippen molar-refractivity contribution >= 4 is 0 Å². The van der Waals surface area contributed by atoms with Crippen LogP contribution in [0.4, 0.5) is 17.6 Å². The third-order valence-electron chi connectivity index (χ3n) is 7.62. The van der Waals surface area contributed by atoms with Crippen molar-refractivity contribution in [2.24, 2.45) is 17.8 Å². The average Bonchev–Trinajstić information content (AvgIpc) is 2.76. The van der Waals surface area contributed by atoms with Gasteiger partial charge in [0, 0.05) is 0 Å². The molecule has 4 heteroatoms. The predicted octanol–water partition coefficient (Wildman–Crippen LogP) is 7.87. The van der Waals surface area contributed by atoms with Gasteiger partial charge in [-0.1, -0.05) is 24.3 Å². The first-order chi connectivity index (χ1) is 14.4. The standard InChI is InChI=1S/C26H30F4/c1-16-5-14-22(26(30)24(16)28)20-12-10-19(11-13-20)18-8-6-17(7-9-18)15-21-3-2-4-23(27)25(21)29/h2-5,14,17-20H,6-13,15H2,1H3. The van der Waals surface area contributed by atoms with Crippen LogP contribution >= 0.6 is 0 Å². The number of aryl methyl sites for hydroxylation is 1. The quantitative estimate of drug-likeness (QED) is 0.443. The van der Waals surface area contributed by atoms with Gasteiger partial charge in [0.1, 0.15) is 0 Å². The summed E-state index contributed by atoms with van der Waals surface area (Å²) in [5.74, 6) is -0.987. The molecule has 2 aliphatic carbocycles. The summed E-state index contributed by atoms with van der Waals surface area (Å²) in [6.07, 6.45) is 8.94. The molecule has 0 nitrogen and oxygen atoms in total. The Hall–Kier alpha value is -1.84. The number of hydrogen-bond donors (Lipinski definition) is 0. The van der Waals surface area contributed by atoms with Gasteiger partial charge in [0.2, 0.25) is 0 Å². The van der Waals surface area contributed by atoms with E-state index in [0.717, 1.165) is 51.4 Å². The summed E-state index contributed by atoms with van der Waals surface area (Å²) >= 11 is 0. The van der Waals surface area contributed by atoms with Gasteiger partial charge in [-0.3, -0.25) is 0 Å². The molecule has 0 heterocycles. The lowest BCUT2D eigenvalue weighted by atomic mass is 9.67. The molecule has 0 amide bonds. The average molecular weight is 419 g/mol. The third kappa shape index (κ3) is 4.43. The lowest BCUT2D eigenvalue weighted by Crippen LogP contribution is -2.26. The second-order valence-electron chi connectivity index (χ2n) is 9.41. The molecule has 4 rings (SSSR count). The number of benzene rings is 2. The minimum atomic E-state index is -0.761. The minimum absolute atomic E-state index is 0.114. The predicted molar refractivity (Wildman–Crippen MR) is 111 cm³/mol. The molecule has 0 spiro atoms. The van der Waals surface area contributed by atoms with Crippen LogP contribution in [0.15, 0.2) is 30.3 Å². The number of halogens is 4. The van der Waals surface area contributed by atoms with E-state index in [1.54, 1.807) is 31.2 Å². The molecule has 2 aromatic carbocycles. The van der Waals surface area contributed by atoms with Crippen LogP contribution in [0.3, 0.4) is 0 Å². The summed E-state index contributed by atoms with van der Waals surface area (Å²) in [5, 5.41) is 0. The Kier molecular flexibility index (Phi) is 6.50. The van der Waals surface area contributed by atoms with Crippen LogP contribution in [0.1, 0.15) is 74.0 Å². The lowest BCUT2D eigenvalue weighted by Gasteiger charge is -2.38. The van der Waals surface area contributed by atoms with Crippen molar-refractivity contribution in [3.63, 3.8) is 0 Å². The second kappa shape index (κ2) is 9.11. The van der Waals surface area contributed by atoms with Gasteiger partial charge >= 0.3 is 0 Å². The fourth-order valence-electron chi connectivity index (χ4n) is 5.76. The normalized spacial score (nSPS) is 27.2. The maximum atomic E-state index is 14.3. The summed E-state index contributed by atoms with van der Waals surface area (Å²) in [5.41, 5.74) is 1.39. The van der Waals surface area contributed by atoms with E-state index in [0.29, 0.717) is 40.9 Å². The van der Waals surface area contributed by atoms with Crippen LogP contribution in [0, 0.1) is 47.9 Å². The molecule has 0 radical (unpaired) electrons. The van der Waals surface area contributed by atoms with Crippen molar-refractivity contribution in [2.45, 2.75) is 70.6 Å². The highest BCUT2D eigenvalue weighted by atomic mass is 19.2. The van der Waals surface area contributed by atoms with Crippen molar-refractivity contribution < 1.29 is 17.6 Å². The van der Waals surface area contributed by atoms with Crippen LogP contribution in [0.25, 0.3) is 0 Å². The molecular formula is C26H30F4. The second-order valence-corrected chi connectivity index (χ2v) is 9.41. The topological polar surface area (TPSA) is 0 Å². The fraction of sp³-hybridized carbons (Fsp3) is 0.538. The summed E-state index contributed by atoms with van der Waals surface area (Å²) in [6, 6.07) is 7.89. The maximum absolute atomic E-state index is 14.3. The first-order valence-electron chi connectivity index (χ1n) is 11.3. The molecule has 0 saturated heterocycles. The van der Waals surface area contributed by atoms with Crippen LogP contribution in [-0.2, 0) is 6.42 Å². The van der Waals surface area contributed by atoms with E-state index >= 15 is 0 Å². The molecular weight excluding hydrogens is 388 g/mol. The molecule has 30 heavy (non-hydrogen) atoms. The molecule has 0 bridgehead atoms. The summed E-state index contributed by atoms with van der Waals surface area (Å²) < 4.78 is 55.7. The van der Waals surface area contributed by atoms with Gasteiger partial charge < -0.3 is 0 Å². The molecule has 0 unspecified atom stereocenters. The van der Waals surface area contributed by atoms with Gasteiger partial charge in [-0.15, -0.1) is 0 Å². The van der Waals surface area contributed by atoms with Crippen molar-refractivity contribution in [2.75, 3.05) is 0 Å². The Balaban J connectivity index is 1.29. The molecule has 2 saturated carbocycles. The highest BCUT2D eigenvalue weighted by molar-refractivity contribution is 5.28. The summed E-state index contributed by atoms with van der Waals surface area (Å²) in [4.78, 5) is 0. The molecule has 2 fully saturated rings. The minimum Gasteiger partial charge on any atom is -0.204 e. The number of rotatable bonds is 4. The van der Waals surface area contributed by atoms with E-state index in [2.05, 4.69) is 0 Å². The summed E-state index contributed by atoms with van der Waals surface area (Å²) in [6.45, 7) is 1.60. The third-order valence-corrected chi connectivity index (χ3v) is 7.62. The first-order valence-corrected chi connectivity index (χ1v) is 11.3. The number of hydrogen-bond acceptors (Lipinski definition) is 0. The molecule has 0 atom stereocenters. The highest BCUT2D eigenvalue weighted by Gasteiger charge is 2.32. The molecule has 0 aliphatic heterocycles. The monoisotopic (exact) mass is 418 g/mol. The Morgan fingerprint density at radius 1 is 0.700 bits per heavy atom. The largest absolute Gasteiger partial charge is 0.204 e. The highest BCUT2D eigenvalue weighted by Crippen LogP contribution is 2.45. The van der Waals surface area contributed by atoms with Crippen LogP contribution in [0.5, 0.6) is 0 Å². The van der Waals surface area contributed by atoms with Crippen LogP contribution < -0.4 is 0 Å². The molecule has 2 aromatic rings.